The zero-order valence-electron chi connectivity index (χ0n) is 11.8. The lowest BCUT2D eigenvalue weighted by atomic mass is 10.1. The molecule has 0 saturated heterocycles. The molecule has 0 radical (unpaired) electrons. The minimum absolute atomic E-state index is 0.930. The molecule has 0 aliphatic heterocycles. The number of hydrogen-bond acceptors (Lipinski definition) is 1. The molecule has 1 aromatic rings. The van der Waals surface area contributed by atoms with Gasteiger partial charge in [0.05, 0.1) is 0 Å². The average Bonchev–Trinajstić information content (AvgIpc) is 2.61. The van der Waals surface area contributed by atoms with Crippen molar-refractivity contribution in [1.29, 1.82) is 0 Å². The van der Waals surface area contributed by atoms with Crippen LogP contribution in [-0.4, -0.2) is 0 Å². The smallest absolute Gasteiger partial charge is 0.137 e. The predicted octanol–water partition coefficient (Wildman–Crippen LogP) is 3.89. The molecule has 0 amide bonds. The standard InChI is InChI=1S/C15H16O.C2H6/c1-4-11(3)15-12(5-2)13-9-7-6-8-10-14(13)16-15;1-2/h4-6,8-10H,2,7H2,1,3H3;1-2H3/b11-4-;. The highest BCUT2D eigenvalue weighted by atomic mass is 16.3. The highest BCUT2D eigenvalue weighted by Gasteiger charge is 2.09. The molecule has 2 rings (SSSR count). The molecule has 0 spiro atoms. The Kier molecular flexibility index (Phi) is 5.44. The maximum Gasteiger partial charge on any atom is 0.137 e. The summed E-state index contributed by atoms with van der Waals surface area (Å²) in [5.74, 6) is 0.935. The van der Waals surface area contributed by atoms with Gasteiger partial charge < -0.3 is 4.42 Å². The zero-order chi connectivity index (χ0) is 13.5. The molecule has 0 fully saturated rings. The molecule has 0 aromatic carbocycles. The lowest BCUT2D eigenvalue weighted by Gasteiger charge is -1.96. The highest BCUT2D eigenvalue weighted by molar-refractivity contribution is 5.70. The molecule has 1 nitrogen and oxygen atoms in total. The second kappa shape index (κ2) is 6.85. The molecular formula is C17H22O. The molecule has 0 unspecified atom stereocenters. The zero-order valence-corrected chi connectivity index (χ0v) is 11.8. The summed E-state index contributed by atoms with van der Waals surface area (Å²) in [6.45, 7) is 12.0. The summed E-state index contributed by atoms with van der Waals surface area (Å²) in [5.41, 5.74) is 3.18. The first-order chi connectivity index (χ1) is 8.77. The summed E-state index contributed by atoms with van der Waals surface area (Å²) in [5, 5.41) is 1.16. The molecule has 0 bridgehead atoms. The Balaban J connectivity index is 0.000000771. The Morgan fingerprint density at radius 3 is 2.72 bits per heavy atom. The van der Waals surface area contributed by atoms with Crippen LogP contribution in [0.1, 0.15) is 45.4 Å². The Morgan fingerprint density at radius 2 is 2.11 bits per heavy atom. The van der Waals surface area contributed by atoms with Gasteiger partial charge in [0, 0.05) is 10.8 Å². The van der Waals surface area contributed by atoms with E-state index in [1.165, 1.54) is 0 Å². The Morgan fingerprint density at radius 1 is 1.39 bits per heavy atom. The van der Waals surface area contributed by atoms with Gasteiger partial charge in [0.25, 0.3) is 0 Å². The maximum atomic E-state index is 5.88. The maximum absolute atomic E-state index is 5.88. The van der Waals surface area contributed by atoms with Crippen molar-refractivity contribution < 1.29 is 4.42 Å². The van der Waals surface area contributed by atoms with E-state index in [0.717, 1.165) is 34.0 Å². The first kappa shape index (κ1) is 14.3. The molecule has 96 valence electrons. The summed E-state index contributed by atoms with van der Waals surface area (Å²) in [6, 6.07) is 0. The third-order valence-electron chi connectivity index (χ3n) is 2.85. The second-order valence-corrected chi connectivity index (χ2v) is 3.83. The first-order valence-electron chi connectivity index (χ1n) is 6.53. The molecule has 1 aromatic heterocycles. The summed E-state index contributed by atoms with van der Waals surface area (Å²) in [6.07, 6.45) is 13.2. The van der Waals surface area contributed by atoms with Gasteiger partial charge in [0.15, 0.2) is 0 Å². The normalized spacial score (nSPS) is 13.4. The van der Waals surface area contributed by atoms with Crippen molar-refractivity contribution in [1.82, 2.24) is 0 Å². The quantitative estimate of drug-likeness (QED) is 0.766. The number of fused-ring (bicyclic) bond motifs is 1. The second-order valence-electron chi connectivity index (χ2n) is 3.83. The molecule has 0 atom stereocenters. The van der Waals surface area contributed by atoms with Crippen LogP contribution in [-0.2, 0) is 0 Å². The summed E-state index contributed by atoms with van der Waals surface area (Å²) < 4.78 is 5.88. The SMILES string of the molecule is C=Cc1c(/C(C)=C\C)oc2c1=CCC=CC=2.CC. The van der Waals surface area contributed by atoms with Crippen molar-refractivity contribution in [3.8, 4) is 0 Å². The summed E-state index contributed by atoms with van der Waals surface area (Å²) in [7, 11) is 0. The fraction of sp³-hybridized carbons (Fsp3) is 0.294. The van der Waals surface area contributed by atoms with Gasteiger partial charge in [0.1, 0.15) is 11.2 Å². The number of furan rings is 1. The molecule has 1 heterocycles. The van der Waals surface area contributed by atoms with Crippen LogP contribution in [0.2, 0.25) is 0 Å². The Labute approximate surface area is 110 Å². The summed E-state index contributed by atoms with van der Waals surface area (Å²) in [4.78, 5) is 0. The van der Waals surface area contributed by atoms with Crippen molar-refractivity contribution in [3.05, 3.63) is 46.8 Å². The van der Waals surface area contributed by atoms with Crippen LogP contribution in [0, 0.1) is 0 Å². The average molecular weight is 242 g/mol. The first-order valence-corrected chi connectivity index (χ1v) is 6.53. The number of hydrogen-bond donors (Lipinski definition) is 0. The Hall–Kier alpha value is -1.76. The lowest BCUT2D eigenvalue weighted by molar-refractivity contribution is 0.518. The van der Waals surface area contributed by atoms with Crippen LogP contribution in [0.25, 0.3) is 23.8 Å². The molecule has 1 aliphatic carbocycles. The van der Waals surface area contributed by atoms with E-state index >= 15 is 0 Å². The third-order valence-corrected chi connectivity index (χ3v) is 2.85. The van der Waals surface area contributed by atoms with Crippen LogP contribution < -0.4 is 10.6 Å². The minimum atomic E-state index is 0.930. The van der Waals surface area contributed by atoms with E-state index in [9.17, 15) is 0 Å². The van der Waals surface area contributed by atoms with Gasteiger partial charge >= 0.3 is 0 Å². The van der Waals surface area contributed by atoms with Crippen molar-refractivity contribution in [3.63, 3.8) is 0 Å². The van der Waals surface area contributed by atoms with E-state index in [0.29, 0.717) is 0 Å². The van der Waals surface area contributed by atoms with Crippen molar-refractivity contribution in [2.45, 2.75) is 34.1 Å². The molecule has 0 N–H and O–H groups in total. The van der Waals surface area contributed by atoms with Gasteiger partial charge in [-0.05, 0) is 31.9 Å². The predicted molar refractivity (Wildman–Crippen MR) is 81.4 cm³/mol. The molecule has 1 heteroatoms. The van der Waals surface area contributed by atoms with Crippen LogP contribution in [0.5, 0.6) is 0 Å². The van der Waals surface area contributed by atoms with E-state index in [4.69, 9.17) is 4.42 Å². The van der Waals surface area contributed by atoms with E-state index < -0.39 is 0 Å². The minimum Gasteiger partial charge on any atom is -0.456 e. The fourth-order valence-electron chi connectivity index (χ4n) is 1.86. The van der Waals surface area contributed by atoms with Crippen molar-refractivity contribution >= 4 is 23.8 Å². The van der Waals surface area contributed by atoms with Gasteiger partial charge in [-0.3, -0.25) is 0 Å². The van der Waals surface area contributed by atoms with E-state index in [1.807, 2.05) is 39.0 Å². The molecule has 1 aliphatic rings. The van der Waals surface area contributed by atoms with Crippen LogP contribution in [0.4, 0.5) is 0 Å². The molecular weight excluding hydrogens is 220 g/mol. The van der Waals surface area contributed by atoms with Crippen LogP contribution in [0.3, 0.4) is 0 Å². The molecule has 0 saturated carbocycles. The number of rotatable bonds is 2. The fourth-order valence-corrected chi connectivity index (χ4v) is 1.86. The highest BCUT2D eigenvalue weighted by Crippen LogP contribution is 2.16. The van der Waals surface area contributed by atoms with E-state index in [-0.39, 0.29) is 0 Å². The van der Waals surface area contributed by atoms with E-state index in [2.05, 4.69) is 31.7 Å². The van der Waals surface area contributed by atoms with Crippen molar-refractivity contribution in [2.75, 3.05) is 0 Å². The van der Waals surface area contributed by atoms with Crippen molar-refractivity contribution in [2.24, 2.45) is 0 Å². The Bertz CT molecular complexity index is 580. The van der Waals surface area contributed by atoms with Gasteiger partial charge in [-0.25, -0.2) is 0 Å². The number of allylic oxidation sites excluding steroid dienone is 4. The third kappa shape index (κ3) is 2.73. The van der Waals surface area contributed by atoms with E-state index in [1.54, 1.807) is 0 Å². The molecule has 18 heavy (non-hydrogen) atoms. The summed E-state index contributed by atoms with van der Waals surface area (Å²) >= 11 is 0. The van der Waals surface area contributed by atoms with Gasteiger partial charge in [-0.1, -0.05) is 50.8 Å². The monoisotopic (exact) mass is 242 g/mol. The topological polar surface area (TPSA) is 13.1 Å². The van der Waals surface area contributed by atoms with Crippen LogP contribution >= 0.6 is 0 Å². The largest absolute Gasteiger partial charge is 0.456 e. The van der Waals surface area contributed by atoms with Crippen LogP contribution in [0.15, 0.2) is 29.2 Å². The van der Waals surface area contributed by atoms with Gasteiger partial charge in [0.2, 0.25) is 0 Å². The lowest BCUT2D eigenvalue weighted by Crippen LogP contribution is -2.20. The van der Waals surface area contributed by atoms with Gasteiger partial charge in [-0.2, -0.15) is 0 Å². The van der Waals surface area contributed by atoms with Gasteiger partial charge in [-0.15, -0.1) is 0 Å².